The van der Waals surface area contributed by atoms with Crippen molar-refractivity contribution in [1.29, 1.82) is 0 Å². The first-order valence-corrected chi connectivity index (χ1v) is 5.20. The Morgan fingerprint density at radius 3 is 2.53 bits per heavy atom. The van der Waals surface area contributed by atoms with Crippen LogP contribution < -0.4 is 4.74 Å². The highest BCUT2D eigenvalue weighted by atomic mass is 16.5. The molecule has 0 radical (unpaired) electrons. The molecule has 1 aromatic heterocycles. The number of carboxylic acid groups (broad SMARTS) is 1. The van der Waals surface area contributed by atoms with Crippen LogP contribution in [-0.2, 0) is 14.9 Å². The molecule has 17 heavy (non-hydrogen) atoms. The van der Waals surface area contributed by atoms with Crippen molar-refractivity contribution in [2.45, 2.75) is 25.4 Å². The van der Waals surface area contributed by atoms with Gasteiger partial charge in [0.2, 0.25) is 5.88 Å². The summed E-state index contributed by atoms with van der Waals surface area (Å²) in [4.78, 5) is 15.4. The van der Waals surface area contributed by atoms with E-state index in [0.29, 0.717) is 11.6 Å². The minimum Gasteiger partial charge on any atom is -0.481 e. The van der Waals surface area contributed by atoms with E-state index in [1.54, 1.807) is 32.0 Å². The summed E-state index contributed by atoms with van der Waals surface area (Å²) in [7, 11) is 2.89. The summed E-state index contributed by atoms with van der Waals surface area (Å²) in [6, 6.07) is 5.25. The quantitative estimate of drug-likeness (QED) is 0.842. The molecule has 0 aliphatic carbocycles. The molecule has 1 unspecified atom stereocenters. The van der Waals surface area contributed by atoms with E-state index in [0.717, 1.165) is 0 Å². The number of hydrogen-bond acceptors (Lipinski definition) is 4. The number of aromatic nitrogens is 1. The monoisotopic (exact) mass is 239 g/mol. The second-order valence-electron chi connectivity index (χ2n) is 4.24. The van der Waals surface area contributed by atoms with Crippen LogP contribution in [0.5, 0.6) is 5.88 Å². The van der Waals surface area contributed by atoms with Crippen LogP contribution in [-0.4, -0.2) is 36.4 Å². The van der Waals surface area contributed by atoms with Gasteiger partial charge in [-0.2, -0.15) is 0 Å². The van der Waals surface area contributed by atoms with Crippen LogP contribution in [0.2, 0.25) is 0 Å². The Morgan fingerprint density at radius 2 is 2.06 bits per heavy atom. The zero-order valence-electron chi connectivity index (χ0n) is 10.4. The average Bonchev–Trinajstić information content (AvgIpc) is 2.29. The number of carboxylic acids is 1. The van der Waals surface area contributed by atoms with E-state index >= 15 is 0 Å². The lowest BCUT2D eigenvalue weighted by atomic mass is 9.82. The molecular weight excluding hydrogens is 222 g/mol. The summed E-state index contributed by atoms with van der Waals surface area (Å²) in [5.41, 5.74) is -0.124. The van der Waals surface area contributed by atoms with Crippen molar-refractivity contribution in [2.24, 2.45) is 0 Å². The molecule has 1 atom stereocenters. The molecule has 0 saturated carbocycles. The summed E-state index contributed by atoms with van der Waals surface area (Å²) in [5, 5.41) is 9.11. The van der Waals surface area contributed by atoms with Crippen LogP contribution in [0.4, 0.5) is 0 Å². The van der Waals surface area contributed by atoms with Crippen LogP contribution in [0, 0.1) is 0 Å². The maximum atomic E-state index is 11.1. The van der Waals surface area contributed by atoms with Crippen LogP contribution in [0.1, 0.15) is 19.5 Å². The number of pyridine rings is 1. The second-order valence-corrected chi connectivity index (χ2v) is 4.24. The first-order valence-electron chi connectivity index (χ1n) is 5.20. The number of methoxy groups -OCH3 is 2. The van der Waals surface area contributed by atoms with Gasteiger partial charge in [0, 0.05) is 18.6 Å². The van der Waals surface area contributed by atoms with E-state index in [1.165, 1.54) is 14.2 Å². The highest BCUT2D eigenvalue weighted by molar-refractivity contribution is 5.74. The first-order chi connectivity index (χ1) is 7.93. The minimum absolute atomic E-state index is 0.454. The summed E-state index contributed by atoms with van der Waals surface area (Å²) in [6.45, 7) is 3.55. The Morgan fingerprint density at radius 1 is 1.41 bits per heavy atom. The molecule has 0 bridgehead atoms. The Bertz CT molecular complexity index is 403. The molecule has 5 heteroatoms. The van der Waals surface area contributed by atoms with Gasteiger partial charge in [-0.3, -0.25) is 0 Å². The smallest absolute Gasteiger partial charge is 0.333 e. The van der Waals surface area contributed by atoms with Gasteiger partial charge in [0.15, 0.2) is 6.10 Å². The summed E-state index contributed by atoms with van der Waals surface area (Å²) < 4.78 is 10.0. The Kier molecular flexibility index (Phi) is 4.07. The molecule has 0 aliphatic rings. The van der Waals surface area contributed by atoms with Gasteiger partial charge in [0.1, 0.15) is 0 Å². The molecule has 1 heterocycles. The zero-order chi connectivity index (χ0) is 13.1. The normalized spacial score (nSPS) is 13.2. The fourth-order valence-electron chi connectivity index (χ4n) is 1.73. The summed E-state index contributed by atoms with van der Waals surface area (Å²) in [6.07, 6.45) is -0.956. The van der Waals surface area contributed by atoms with Crippen LogP contribution in [0.25, 0.3) is 0 Å². The molecule has 5 nitrogen and oxygen atoms in total. The molecular formula is C12H17NO4. The van der Waals surface area contributed by atoms with Gasteiger partial charge in [0.05, 0.1) is 12.8 Å². The van der Waals surface area contributed by atoms with Gasteiger partial charge in [-0.1, -0.05) is 19.9 Å². The Labute approximate surface area is 100 Å². The molecule has 0 spiro atoms. The van der Waals surface area contributed by atoms with Gasteiger partial charge >= 0.3 is 5.97 Å². The van der Waals surface area contributed by atoms with Gasteiger partial charge in [0.25, 0.3) is 0 Å². The molecule has 0 saturated heterocycles. The number of hydrogen-bond donors (Lipinski definition) is 1. The lowest BCUT2D eigenvalue weighted by Gasteiger charge is -2.29. The van der Waals surface area contributed by atoms with Crippen LogP contribution >= 0.6 is 0 Å². The number of aliphatic carboxylic acids is 1. The molecule has 0 aromatic carbocycles. The Balaban J connectivity index is 3.14. The topological polar surface area (TPSA) is 68.7 Å². The van der Waals surface area contributed by atoms with E-state index < -0.39 is 17.5 Å². The largest absolute Gasteiger partial charge is 0.481 e. The van der Waals surface area contributed by atoms with Crippen molar-refractivity contribution in [2.75, 3.05) is 14.2 Å². The molecule has 1 N–H and O–H groups in total. The molecule has 0 aliphatic heterocycles. The highest BCUT2D eigenvalue weighted by Crippen LogP contribution is 2.28. The van der Waals surface area contributed by atoms with Gasteiger partial charge in [-0.15, -0.1) is 0 Å². The van der Waals surface area contributed by atoms with Gasteiger partial charge in [-0.05, 0) is 6.07 Å². The number of carbonyl (C=O) groups is 1. The third-order valence-electron chi connectivity index (χ3n) is 2.71. The molecule has 1 aromatic rings. The average molecular weight is 239 g/mol. The fourth-order valence-corrected chi connectivity index (χ4v) is 1.73. The predicted molar refractivity (Wildman–Crippen MR) is 62.2 cm³/mol. The van der Waals surface area contributed by atoms with Crippen molar-refractivity contribution in [3.05, 3.63) is 23.9 Å². The SMILES string of the molecule is COc1cccc(C(C)(C)C(OC)C(=O)O)n1. The first kappa shape index (κ1) is 13.4. The standard InChI is InChI=1S/C12H17NO4/c1-12(2,10(17-4)11(14)15)8-6-5-7-9(13-8)16-3/h5-7,10H,1-4H3,(H,14,15). The third kappa shape index (κ3) is 2.74. The van der Waals surface area contributed by atoms with E-state index in [2.05, 4.69) is 4.98 Å². The maximum absolute atomic E-state index is 11.1. The predicted octanol–water partition coefficient (Wildman–Crippen LogP) is 1.47. The van der Waals surface area contributed by atoms with Crippen molar-refractivity contribution in [3.8, 4) is 5.88 Å². The molecule has 94 valence electrons. The van der Waals surface area contributed by atoms with Crippen LogP contribution in [0.3, 0.4) is 0 Å². The molecule has 0 fully saturated rings. The van der Waals surface area contributed by atoms with E-state index in [4.69, 9.17) is 14.6 Å². The van der Waals surface area contributed by atoms with Gasteiger partial charge in [-0.25, -0.2) is 9.78 Å². The molecule has 1 rings (SSSR count). The van der Waals surface area contributed by atoms with Crippen LogP contribution in [0.15, 0.2) is 18.2 Å². The summed E-state index contributed by atoms with van der Waals surface area (Å²) >= 11 is 0. The number of nitrogens with zero attached hydrogens (tertiary/aromatic N) is 1. The second kappa shape index (κ2) is 5.14. The lowest BCUT2D eigenvalue weighted by molar-refractivity contribution is -0.152. The molecule has 0 amide bonds. The van der Waals surface area contributed by atoms with Gasteiger partial charge < -0.3 is 14.6 Å². The lowest BCUT2D eigenvalue weighted by Crippen LogP contribution is -2.42. The van der Waals surface area contributed by atoms with E-state index in [1.807, 2.05) is 0 Å². The van der Waals surface area contributed by atoms with Crippen molar-refractivity contribution in [1.82, 2.24) is 4.98 Å². The third-order valence-corrected chi connectivity index (χ3v) is 2.71. The zero-order valence-corrected chi connectivity index (χ0v) is 10.4. The van der Waals surface area contributed by atoms with E-state index in [9.17, 15) is 4.79 Å². The Hall–Kier alpha value is -1.62. The van der Waals surface area contributed by atoms with Crippen molar-refractivity contribution >= 4 is 5.97 Å². The minimum atomic E-state index is -1.01. The number of rotatable bonds is 5. The van der Waals surface area contributed by atoms with E-state index in [-0.39, 0.29) is 0 Å². The maximum Gasteiger partial charge on any atom is 0.333 e. The van der Waals surface area contributed by atoms with Crippen molar-refractivity contribution < 1.29 is 19.4 Å². The highest BCUT2D eigenvalue weighted by Gasteiger charge is 2.38. The fraction of sp³-hybridized carbons (Fsp3) is 0.500. The summed E-state index contributed by atoms with van der Waals surface area (Å²) in [5.74, 6) is -0.557. The van der Waals surface area contributed by atoms with Crippen molar-refractivity contribution in [3.63, 3.8) is 0 Å². The number of ether oxygens (including phenoxy) is 2.